The van der Waals surface area contributed by atoms with Crippen molar-refractivity contribution < 1.29 is 23.8 Å². The monoisotopic (exact) mass is 458 g/mol. The molecule has 0 saturated carbocycles. The molecule has 32 heavy (non-hydrogen) atoms. The zero-order valence-corrected chi connectivity index (χ0v) is 18.7. The number of halogens is 2. The summed E-state index contributed by atoms with van der Waals surface area (Å²) in [4.78, 5) is 12.6. The van der Waals surface area contributed by atoms with Crippen LogP contribution in [0.2, 0.25) is 5.02 Å². The smallest absolute Gasteiger partial charge is 0.312 e. The Morgan fingerprint density at radius 3 is 2.66 bits per heavy atom. The molecule has 0 saturated heterocycles. The van der Waals surface area contributed by atoms with Gasteiger partial charge in [0, 0.05) is 30.2 Å². The van der Waals surface area contributed by atoms with Crippen LogP contribution >= 0.6 is 11.6 Å². The third-order valence-electron chi connectivity index (χ3n) is 5.99. The number of nitrogens with one attached hydrogen (secondary N) is 1. The highest BCUT2D eigenvalue weighted by molar-refractivity contribution is 6.31. The van der Waals surface area contributed by atoms with Gasteiger partial charge in [0.2, 0.25) is 0 Å². The van der Waals surface area contributed by atoms with Crippen LogP contribution in [0.5, 0.6) is 5.75 Å². The van der Waals surface area contributed by atoms with Crippen LogP contribution < -0.4 is 10.1 Å². The summed E-state index contributed by atoms with van der Waals surface area (Å²) >= 11 is 6.36. The molecule has 0 radical (unpaired) electrons. The minimum absolute atomic E-state index is 0.0639. The molecule has 3 unspecified atom stereocenters. The van der Waals surface area contributed by atoms with Crippen LogP contribution in [0.25, 0.3) is 0 Å². The lowest BCUT2D eigenvalue weighted by atomic mass is 9.63. The number of hydrogen-bond donors (Lipinski definition) is 2. The molecule has 8 heteroatoms. The Balaban J connectivity index is 2.23. The van der Waals surface area contributed by atoms with Crippen LogP contribution in [0.4, 0.5) is 4.39 Å². The van der Waals surface area contributed by atoms with Gasteiger partial charge in [-0.2, -0.15) is 5.26 Å². The van der Waals surface area contributed by atoms with Crippen LogP contribution in [0.15, 0.2) is 53.7 Å². The van der Waals surface area contributed by atoms with E-state index in [1.54, 1.807) is 14.0 Å². The molecule has 2 aromatic rings. The highest BCUT2D eigenvalue weighted by atomic mass is 35.5. The predicted octanol–water partition coefficient (Wildman–Crippen LogP) is 4.30. The lowest BCUT2D eigenvalue weighted by molar-refractivity contribution is -0.152. The number of methoxy groups -OCH3 is 2. The van der Waals surface area contributed by atoms with Crippen molar-refractivity contribution in [1.82, 2.24) is 5.32 Å². The maximum Gasteiger partial charge on any atom is 0.312 e. The number of hydrogen-bond acceptors (Lipinski definition) is 5. The zero-order valence-electron chi connectivity index (χ0n) is 18.0. The first-order chi connectivity index (χ1) is 15.3. The molecule has 0 aromatic heterocycles. The van der Waals surface area contributed by atoms with Crippen molar-refractivity contribution in [3.8, 4) is 11.8 Å². The quantitative estimate of drug-likeness (QED) is 0.642. The fourth-order valence-corrected chi connectivity index (χ4v) is 4.52. The molecule has 2 aromatic carbocycles. The van der Waals surface area contributed by atoms with Gasteiger partial charge in [-0.3, -0.25) is 4.79 Å². The maximum atomic E-state index is 13.8. The molecular weight excluding hydrogens is 435 g/mol. The van der Waals surface area contributed by atoms with Crippen LogP contribution in [0.3, 0.4) is 0 Å². The fraction of sp³-hybridized carbons (Fsp3) is 0.333. The van der Waals surface area contributed by atoms with E-state index in [0.717, 1.165) is 11.6 Å². The van der Waals surface area contributed by atoms with E-state index in [0.29, 0.717) is 23.4 Å². The lowest BCUT2D eigenvalue weighted by Crippen LogP contribution is -2.57. The minimum atomic E-state index is -1.49. The van der Waals surface area contributed by atoms with E-state index >= 15 is 0 Å². The second-order valence-electron chi connectivity index (χ2n) is 7.87. The summed E-state index contributed by atoms with van der Waals surface area (Å²) in [6.07, 6.45) is 0.339. The molecule has 3 atom stereocenters. The van der Waals surface area contributed by atoms with Crippen molar-refractivity contribution >= 4 is 17.6 Å². The van der Waals surface area contributed by atoms with Crippen LogP contribution in [0.1, 0.15) is 24.0 Å². The van der Waals surface area contributed by atoms with Gasteiger partial charge in [-0.15, -0.1) is 0 Å². The van der Waals surface area contributed by atoms with E-state index in [1.807, 2.05) is 24.3 Å². The largest absolute Gasteiger partial charge is 0.497 e. The van der Waals surface area contributed by atoms with Crippen molar-refractivity contribution in [3.63, 3.8) is 0 Å². The predicted molar refractivity (Wildman–Crippen MR) is 118 cm³/mol. The van der Waals surface area contributed by atoms with E-state index in [-0.39, 0.29) is 17.2 Å². The number of carboxylic acids is 1. The van der Waals surface area contributed by atoms with Crippen molar-refractivity contribution in [3.05, 3.63) is 75.7 Å². The Morgan fingerprint density at radius 2 is 2.06 bits per heavy atom. The van der Waals surface area contributed by atoms with E-state index in [4.69, 9.17) is 21.1 Å². The first kappa shape index (κ1) is 23.6. The molecule has 1 aliphatic heterocycles. The number of carboxylic acid groups (broad SMARTS) is 1. The summed E-state index contributed by atoms with van der Waals surface area (Å²) in [5.74, 6) is -1.91. The Morgan fingerprint density at radius 1 is 1.31 bits per heavy atom. The summed E-state index contributed by atoms with van der Waals surface area (Å²) in [5.41, 5.74) is 0.560. The van der Waals surface area contributed by atoms with E-state index in [2.05, 4.69) is 11.4 Å². The van der Waals surface area contributed by atoms with Gasteiger partial charge >= 0.3 is 5.97 Å². The average molecular weight is 459 g/mol. The van der Waals surface area contributed by atoms with Gasteiger partial charge in [0.1, 0.15) is 11.6 Å². The molecule has 6 nitrogen and oxygen atoms in total. The topological polar surface area (TPSA) is 91.6 Å². The standard InChI is InChI=1S/C24H24ClFN2O4/c1-24(23(29)30)21(13-31-2)28-20(10-14-5-4-6-16(9-14)32-3)18(12-27)22(24)17-8-7-15(26)11-19(17)25/h4-9,11,21-22,28H,10,13H2,1-3H3,(H,29,30). The van der Waals surface area contributed by atoms with Crippen molar-refractivity contribution in [2.45, 2.75) is 25.3 Å². The van der Waals surface area contributed by atoms with Crippen LogP contribution in [-0.2, 0) is 16.0 Å². The van der Waals surface area contributed by atoms with Gasteiger partial charge in [-0.1, -0.05) is 29.8 Å². The van der Waals surface area contributed by atoms with E-state index in [1.165, 1.54) is 19.2 Å². The van der Waals surface area contributed by atoms with Gasteiger partial charge in [-0.05, 0) is 42.3 Å². The third-order valence-corrected chi connectivity index (χ3v) is 6.32. The first-order valence-corrected chi connectivity index (χ1v) is 10.3. The van der Waals surface area contributed by atoms with Crippen molar-refractivity contribution in [2.24, 2.45) is 5.41 Å². The molecule has 2 N–H and O–H groups in total. The Labute approximate surface area is 191 Å². The highest BCUT2D eigenvalue weighted by Gasteiger charge is 2.54. The molecule has 1 aliphatic rings. The maximum absolute atomic E-state index is 13.8. The molecule has 0 aliphatic carbocycles. The summed E-state index contributed by atoms with van der Waals surface area (Å²) < 4.78 is 24.4. The summed E-state index contributed by atoms with van der Waals surface area (Å²) in [5, 5.41) is 23.7. The van der Waals surface area contributed by atoms with Crippen LogP contribution in [0, 0.1) is 22.6 Å². The van der Waals surface area contributed by atoms with Gasteiger partial charge in [-0.25, -0.2) is 4.39 Å². The number of allylic oxidation sites excluding steroid dienone is 2. The van der Waals surface area contributed by atoms with Crippen LogP contribution in [-0.4, -0.2) is 37.9 Å². The SMILES string of the molecule is COCC1NC(Cc2cccc(OC)c2)=C(C#N)C(c2ccc(F)cc2Cl)C1(C)C(=O)O. The number of nitriles is 1. The Bertz CT molecular complexity index is 1100. The first-order valence-electron chi connectivity index (χ1n) is 9.96. The summed E-state index contributed by atoms with van der Waals surface area (Å²) in [6.45, 7) is 1.63. The average Bonchev–Trinajstić information content (AvgIpc) is 2.76. The molecule has 168 valence electrons. The zero-order chi connectivity index (χ0) is 23.5. The van der Waals surface area contributed by atoms with Gasteiger partial charge < -0.3 is 19.9 Å². The highest BCUT2D eigenvalue weighted by Crippen LogP contribution is 2.50. The minimum Gasteiger partial charge on any atom is -0.497 e. The van der Waals surface area contributed by atoms with E-state index in [9.17, 15) is 19.6 Å². The molecule has 3 rings (SSSR count). The Hall–Kier alpha value is -3.08. The summed E-state index contributed by atoms with van der Waals surface area (Å²) in [6, 6.07) is 12.7. The summed E-state index contributed by atoms with van der Waals surface area (Å²) in [7, 11) is 3.05. The third kappa shape index (κ3) is 4.29. The van der Waals surface area contributed by atoms with E-state index < -0.39 is 29.2 Å². The van der Waals surface area contributed by atoms with Gasteiger partial charge in [0.15, 0.2) is 0 Å². The second-order valence-corrected chi connectivity index (χ2v) is 8.28. The number of rotatable bonds is 7. The number of aliphatic carboxylic acids is 1. The van der Waals surface area contributed by atoms with Gasteiger partial charge in [0.25, 0.3) is 0 Å². The normalized spacial score (nSPS) is 22.8. The Kier molecular flexibility index (Phi) is 7.07. The molecule has 1 heterocycles. The van der Waals surface area contributed by atoms with Crippen molar-refractivity contribution in [2.75, 3.05) is 20.8 Å². The fourth-order valence-electron chi connectivity index (χ4n) is 4.25. The second kappa shape index (κ2) is 9.60. The molecule has 0 spiro atoms. The number of carbonyl (C=O) groups is 1. The molecular formula is C24H24ClFN2O4. The number of nitrogens with zero attached hydrogens (tertiary/aromatic N) is 1. The number of ether oxygens (including phenoxy) is 2. The molecule has 0 fully saturated rings. The molecule has 0 amide bonds. The lowest BCUT2D eigenvalue weighted by Gasteiger charge is -2.46. The van der Waals surface area contributed by atoms with Crippen molar-refractivity contribution in [1.29, 1.82) is 5.26 Å². The van der Waals surface area contributed by atoms with Gasteiger partial charge in [0.05, 0.1) is 36.8 Å². The number of benzene rings is 2. The molecule has 0 bridgehead atoms.